The molecule has 0 aromatic heterocycles. The Morgan fingerprint density at radius 1 is 1.19 bits per heavy atom. The molecule has 27 heavy (non-hydrogen) atoms. The molecule has 0 radical (unpaired) electrons. The van der Waals surface area contributed by atoms with E-state index < -0.39 is 10.0 Å². The summed E-state index contributed by atoms with van der Waals surface area (Å²) >= 11 is 3.35. The third-order valence-corrected chi connectivity index (χ3v) is 6.87. The van der Waals surface area contributed by atoms with Gasteiger partial charge in [0.15, 0.2) is 0 Å². The molecule has 0 bridgehead atoms. The van der Waals surface area contributed by atoms with E-state index in [1.165, 1.54) is 17.7 Å². The Hall–Kier alpha value is -1.70. The van der Waals surface area contributed by atoms with Gasteiger partial charge in [-0.15, -0.1) is 0 Å². The number of rotatable bonds is 8. The fourth-order valence-electron chi connectivity index (χ4n) is 2.87. The molecule has 1 unspecified atom stereocenters. The van der Waals surface area contributed by atoms with Crippen molar-refractivity contribution in [2.45, 2.75) is 43.0 Å². The van der Waals surface area contributed by atoms with Crippen LogP contribution in [-0.4, -0.2) is 26.9 Å². The summed E-state index contributed by atoms with van der Waals surface area (Å²) in [6.45, 7) is 2.57. The maximum absolute atomic E-state index is 12.7. The van der Waals surface area contributed by atoms with E-state index in [1.807, 2.05) is 30.3 Å². The highest BCUT2D eigenvalue weighted by Crippen LogP contribution is 2.25. The molecule has 1 atom stereocenters. The van der Waals surface area contributed by atoms with Gasteiger partial charge in [0.2, 0.25) is 10.0 Å². The van der Waals surface area contributed by atoms with Gasteiger partial charge in [0.05, 0.1) is 10.5 Å². The van der Waals surface area contributed by atoms with Gasteiger partial charge >= 0.3 is 0 Å². The van der Waals surface area contributed by atoms with Crippen LogP contribution >= 0.6 is 15.9 Å². The van der Waals surface area contributed by atoms with Crippen molar-refractivity contribution < 1.29 is 13.2 Å². The highest BCUT2D eigenvalue weighted by molar-refractivity contribution is 9.10. The first-order valence-electron chi connectivity index (χ1n) is 9.05. The summed E-state index contributed by atoms with van der Waals surface area (Å²) in [7, 11) is -3.60. The van der Waals surface area contributed by atoms with Crippen LogP contribution in [-0.2, 0) is 10.0 Å². The second-order valence-electron chi connectivity index (χ2n) is 6.76. The Morgan fingerprint density at radius 3 is 2.52 bits per heavy atom. The lowest BCUT2D eigenvalue weighted by molar-refractivity contribution is 0.0950. The molecule has 0 aliphatic heterocycles. The molecule has 1 aliphatic carbocycles. The number of sulfonamides is 1. The number of hydrogen-bond acceptors (Lipinski definition) is 3. The number of nitrogens with one attached hydrogen (secondary N) is 2. The smallest absolute Gasteiger partial charge is 0.252 e. The van der Waals surface area contributed by atoms with Crippen LogP contribution in [0.2, 0.25) is 0 Å². The highest BCUT2D eigenvalue weighted by Gasteiger charge is 2.28. The first kappa shape index (κ1) is 20.0. The Labute approximate surface area is 168 Å². The zero-order chi connectivity index (χ0) is 19.4. The molecule has 1 fully saturated rings. The molecule has 1 amide bonds. The van der Waals surface area contributed by atoms with Crippen LogP contribution in [0, 0.1) is 0 Å². The van der Waals surface area contributed by atoms with Gasteiger partial charge in [-0.05, 0) is 59.0 Å². The van der Waals surface area contributed by atoms with Gasteiger partial charge in [-0.1, -0.05) is 37.3 Å². The van der Waals surface area contributed by atoms with Gasteiger partial charge in [0.25, 0.3) is 5.91 Å². The molecule has 144 valence electrons. The molecule has 2 aromatic rings. The lowest BCUT2D eigenvalue weighted by atomic mass is 9.96. The SMILES string of the molecule is CCC(CNC(=O)c1cc(S(=O)(=O)NC2CC2)ccc1Br)c1ccccc1. The number of carbonyl (C=O) groups excluding carboxylic acids is 1. The lowest BCUT2D eigenvalue weighted by Gasteiger charge is -2.17. The average molecular weight is 451 g/mol. The van der Waals surface area contributed by atoms with Gasteiger partial charge in [-0.2, -0.15) is 0 Å². The summed E-state index contributed by atoms with van der Waals surface area (Å²) in [6, 6.07) is 14.6. The summed E-state index contributed by atoms with van der Waals surface area (Å²) in [5, 5.41) is 2.94. The second-order valence-corrected chi connectivity index (χ2v) is 9.33. The Kier molecular flexibility index (Phi) is 6.34. The Bertz CT molecular complexity index is 912. The lowest BCUT2D eigenvalue weighted by Crippen LogP contribution is -2.29. The zero-order valence-electron chi connectivity index (χ0n) is 15.1. The third-order valence-electron chi connectivity index (χ3n) is 4.66. The molecule has 2 N–H and O–H groups in total. The Balaban J connectivity index is 1.73. The molecule has 0 spiro atoms. The normalized spacial score (nSPS) is 15.3. The quantitative estimate of drug-likeness (QED) is 0.641. The van der Waals surface area contributed by atoms with Crippen molar-refractivity contribution in [3.63, 3.8) is 0 Å². The summed E-state index contributed by atoms with van der Waals surface area (Å²) in [6.07, 6.45) is 2.62. The van der Waals surface area contributed by atoms with Crippen LogP contribution in [0.3, 0.4) is 0 Å². The van der Waals surface area contributed by atoms with E-state index in [1.54, 1.807) is 6.07 Å². The molecule has 5 nitrogen and oxygen atoms in total. The van der Waals surface area contributed by atoms with E-state index in [-0.39, 0.29) is 22.8 Å². The predicted octanol–water partition coefficient (Wildman–Crippen LogP) is 3.81. The van der Waals surface area contributed by atoms with E-state index in [0.29, 0.717) is 16.6 Å². The molecule has 0 saturated heterocycles. The topological polar surface area (TPSA) is 75.3 Å². The van der Waals surface area contributed by atoms with Gasteiger partial charge in [0.1, 0.15) is 0 Å². The molecule has 1 aliphatic rings. The van der Waals surface area contributed by atoms with Crippen molar-refractivity contribution in [1.29, 1.82) is 0 Å². The fourth-order valence-corrected chi connectivity index (χ4v) is 4.63. The molecule has 7 heteroatoms. The minimum Gasteiger partial charge on any atom is -0.351 e. The molecular weight excluding hydrogens is 428 g/mol. The Morgan fingerprint density at radius 2 is 1.89 bits per heavy atom. The summed E-state index contributed by atoms with van der Waals surface area (Å²) in [5.41, 5.74) is 1.49. The van der Waals surface area contributed by atoms with E-state index in [0.717, 1.165) is 19.3 Å². The highest BCUT2D eigenvalue weighted by atomic mass is 79.9. The number of hydrogen-bond donors (Lipinski definition) is 2. The van der Waals surface area contributed by atoms with Crippen molar-refractivity contribution in [1.82, 2.24) is 10.0 Å². The molecular formula is C20H23BrN2O3S. The maximum Gasteiger partial charge on any atom is 0.252 e. The first-order valence-corrected chi connectivity index (χ1v) is 11.3. The van der Waals surface area contributed by atoms with Crippen LogP contribution in [0.25, 0.3) is 0 Å². The largest absolute Gasteiger partial charge is 0.351 e. The van der Waals surface area contributed by atoms with Crippen molar-refractivity contribution >= 4 is 31.9 Å². The molecule has 3 rings (SSSR count). The van der Waals surface area contributed by atoms with Crippen LogP contribution in [0.4, 0.5) is 0 Å². The summed E-state index contributed by atoms with van der Waals surface area (Å²) in [5.74, 6) is -0.0860. The fraction of sp³-hybridized carbons (Fsp3) is 0.350. The third kappa shape index (κ3) is 5.18. The minimum atomic E-state index is -3.60. The minimum absolute atomic E-state index is 0.0205. The van der Waals surface area contributed by atoms with Crippen LogP contribution in [0.5, 0.6) is 0 Å². The molecule has 1 saturated carbocycles. The first-order chi connectivity index (χ1) is 12.9. The van der Waals surface area contributed by atoms with Gasteiger partial charge < -0.3 is 5.32 Å². The van der Waals surface area contributed by atoms with E-state index in [9.17, 15) is 13.2 Å². The predicted molar refractivity (Wildman–Crippen MR) is 109 cm³/mol. The van der Waals surface area contributed by atoms with Crippen LogP contribution in [0.15, 0.2) is 57.9 Å². The number of amides is 1. The molecule has 0 heterocycles. The van der Waals surface area contributed by atoms with Gasteiger partial charge in [0, 0.05) is 23.0 Å². The van der Waals surface area contributed by atoms with Crippen molar-refractivity contribution in [3.05, 3.63) is 64.1 Å². The average Bonchev–Trinajstić information content (AvgIpc) is 3.46. The van der Waals surface area contributed by atoms with Crippen LogP contribution in [0.1, 0.15) is 48.0 Å². The van der Waals surface area contributed by atoms with E-state index in [4.69, 9.17) is 0 Å². The molecule has 2 aromatic carbocycles. The second kappa shape index (κ2) is 8.54. The summed E-state index contributed by atoms with van der Waals surface area (Å²) < 4.78 is 28.0. The maximum atomic E-state index is 12.7. The number of benzene rings is 2. The van der Waals surface area contributed by atoms with E-state index >= 15 is 0 Å². The van der Waals surface area contributed by atoms with Crippen molar-refractivity contribution in [2.24, 2.45) is 0 Å². The van der Waals surface area contributed by atoms with E-state index in [2.05, 4.69) is 32.9 Å². The number of carbonyl (C=O) groups is 1. The van der Waals surface area contributed by atoms with Crippen molar-refractivity contribution in [3.8, 4) is 0 Å². The monoisotopic (exact) mass is 450 g/mol. The summed E-state index contributed by atoms with van der Waals surface area (Å²) in [4.78, 5) is 12.8. The van der Waals surface area contributed by atoms with Gasteiger partial charge in [-0.3, -0.25) is 4.79 Å². The van der Waals surface area contributed by atoms with Crippen LogP contribution < -0.4 is 10.0 Å². The van der Waals surface area contributed by atoms with Gasteiger partial charge in [-0.25, -0.2) is 13.1 Å². The van der Waals surface area contributed by atoms with Crippen molar-refractivity contribution in [2.75, 3.05) is 6.54 Å². The number of halogens is 1. The standard InChI is InChI=1S/C20H23BrN2O3S/c1-2-14(15-6-4-3-5-7-15)13-22-20(24)18-12-17(10-11-19(18)21)27(25,26)23-16-8-9-16/h3-7,10-12,14,16,23H,2,8-9,13H2,1H3,(H,22,24). The zero-order valence-corrected chi connectivity index (χ0v) is 17.5.